The predicted octanol–water partition coefficient (Wildman–Crippen LogP) is 4.55. The fourth-order valence-corrected chi connectivity index (χ4v) is 2.25. The van der Waals surface area contributed by atoms with Crippen LogP contribution in [0.1, 0.15) is 28.9 Å². The van der Waals surface area contributed by atoms with E-state index in [-0.39, 0.29) is 11.6 Å². The molecule has 2 aromatic rings. The molecule has 0 aromatic heterocycles. The van der Waals surface area contributed by atoms with Gasteiger partial charge in [-0.05, 0) is 42.8 Å². The van der Waals surface area contributed by atoms with Crippen LogP contribution in [0.4, 0.5) is 10.1 Å². The first-order chi connectivity index (χ1) is 10.0. The van der Waals surface area contributed by atoms with Crippen LogP contribution < -0.4 is 5.32 Å². The molecule has 1 atom stereocenters. The van der Waals surface area contributed by atoms with Gasteiger partial charge in [-0.3, -0.25) is 0 Å². The van der Waals surface area contributed by atoms with E-state index in [9.17, 15) is 9.18 Å². The zero-order valence-electron chi connectivity index (χ0n) is 11.7. The third-order valence-corrected chi connectivity index (χ3v) is 3.66. The van der Waals surface area contributed by atoms with E-state index in [0.717, 1.165) is 10.0 Å². The van der Waals surface area contributed by atoms with E-state index in [1.807, 2.05) is 31.2 Å². The molecule has 5 heteroatoms. The summed E-state index contributed by atoms with van der Waals surface area (Å²) >= 11 is 3.39. The molecule has 0 aliphatic heterocycles. The van der Waals surface area contributed by atoms with Crippen molar-refractivity contribution in [2.45, 2.75) is 13.0 Å². The molecule has 1 unspecified atom stereocenters. The van der Waals surface area contributed by atoms with Gasteiger partial charge in [0.2, 0.25) is 0 Å². The second-order valence-electron chi connectivity index (χ2n) is 4.60. The van der Waals surface area contributed by atoms with Gasteiger partial charge in [-0.2, -0.15) is 0 Å². The summed E-state index contributed by atoms with van der Waals surface area (Å²) in [6, 6.07) is 11.8. The zero-order valence-corrected chi connectivity index (χ0v) is 13.3. The average Bonchev–Trinajstić information content (AvgIpc) is 2.48. The molecule has 0 saturated heterocycles. The van der Waals surface area contributed by atoms with Crippen LogP contribution in [0, 0.1) is 5.82 Å². The topological polar surface area (TPSA) is 38.3 Å². The van der Waals surface area contributed by atoms with Crippen molar-refractivity contribution >= 4 is 27.6 Å². The summed E-state index contributed by atoms with van der Waals surface area (Å²) in [5.41, 5.74) is 1.78. The standard InChI is InChI=1S/C16H15BrFNO2/c1-10(11-3-5-12(17)6-4-11)19-15-8-7-13(18)9-14(15)16(20)21-2/h3-10,19H,1-2H3. The number of methoxy groups -OCH3 is 1. The maximum atomic E-state index is 13.3. The number of halogens is 2. The molecular weight excluding hydrogens is 337 g/mol. The highest BCUT2D eigenvalue weighted by Gasteiger charge is 2.15. The summed E-state index contributed by atoms with van der Waals surface area (Å²) in [5.74, 6) is -1.04. The van der Waals surface area contributed by atoms with Gasteiger partial charge in [0.1, 0.15) is 5.82 Å². The minimum atomic E-state index is -0.569. The van der Waals surface area contributed by atoms with Crippen LogP contribution >= 0.6 is 15.9 Å². The Bertz CT molecular complexity index is 643. The number of hydrogen-bond acceptors (Lipinski definition) is 3. The molecule has 2 rings (SSSR count). The SMILES string of the molecule is COC(=O)c1cc(F)ccc1NC(C)c1ccc(Br)cc1. The van der Waals surface area contributed by atoms with Crippen LogP contribution in [-0.2, 0) is 4.74 Å². The Labute approximate surface area is 131 Å². The van der Waals surface area contributed by atoms with E-state index >= 15 is 0 Å². The van der Waals surface area contributed by atoms with Crippen molar-refractivity contribution < 1.29 is 13.9 Å². The molecule has 0 saturated carbocycles. The molecular formula is C16H15BrFNO2. The number of ether oxygens (including phenoxy) is 1. The van der Waals surface area contributed by atoms with Crippen LogP contribution in [0.15, 0.2) is 46.9 Å². The molecule has 2 aromatic carbocycles. The highest BCUT2D eigenvalue weighted by atomic mass is 79.9. The fraction of sp³-hybridized carbons (Fsp3) is 0.188. The first-order valence-corrected chi connectivity index (χ1v) is 7.20. The fourth-order valence-electron chi connectivity index (χ4n) is 1.99. The van der Waals surface area contributed by atoms with E-state index < -0.39 is 11.8 Å². The quantitative estimate of drug-likeness (QED) is 0.821. The summed E-state index contributed by atoms with van der Waals surface area (Å²) in [6.07, 6.45) is 0. The van der Waals surface area contributed by atoms with Gasteiger partial charge >= 0.3 is 5.97 Å². The number of rotatable bonds is 4. The number of carbonyl (C=O) groups excluding carboxylic acids is 1. The van der Waals surface area contributed by atoms with E-state index in [2.05, 4.69) is 26.0 Å². The lowest BCUT2D eigenvalue weighted by molar-refractivity contribution is 0.0601. The summed E-state index contributed by atoms with van der Waals surface area (Å²) in [4.78, 5) is 11.7. The monoisotopic (exact) mass is 351 g/mol. The van der Waals surface area contributed by atoms with Gasteiger partial charge in [-0.1, -0.05) is 28.1 Å². The lowest BCUT2D eigenvalue weighted by atomic mass is 10.1. The lowest BCUT2D eigenvalue weighted by Crippen LogP contribution is -2.12. The number of hydrogen-bond donors (Lipinski definition) is 1. The molecule has 1 N–H and O–H groups in total. The molecule has 0 aliphatic rings. The first-order valence-electron chi connectivity index (χ1n) is 6.41. The minimum Gasteiger partial charge on any atom is -0.465 e. The number of nitrogens with one attached hydrogen (secondary N) is 1. The van der Waals surface area contributed by atoms with Gasteiger partial charge in [0.15, 0.2) is 0 Å². The maximum absolute atomic E-state index is 13.3. The molecule has 0 amide bonds. The van der Waals surface area contributed by atoms with Crippen molar-refractivity contribution in [3.05, 3.63) is 63.9 Å². The van der Waals surface area contributed by atoms with Crippen molar-refractivity contribution in [3.63, 3.8) is 0 Å². The lowest BCUT2D eigenvalue weighted by Gasteiger charge is -2.18. The maximum Gasteiger partial charge on any atom is 0.340 e. The van der Waals surface area contributed by atoms with Gasteiger partial charge in [0.05, 0.1) is 12.7 Å². The van der Waals surface area contributed by atoms with E-state index in [1.54, 1.807) is 0 Å². The van der Waals surface area contributed by atoms with Gasteiger partial charge in [-0.25, -0.2) is 9.18 Å². The molecule has 0 aliphatic carbocycles. The van der Waals surface area contributed by atoms with Crippen molar-refractivity contribution in [1.29, 1.82) is 0 Å². The summed E-state index contributed by atoms with van der Waals surface area (Å²) < 4.78 is 19.0. The number of carbonyl (C=O) groups is 1. The number of benzene rings is 2. The molecule has 110 valence electrons. The van der Waals surface area contributed by atoms with Crippen molar-refractivity contribution in [3.8, 4) is 0 Å². The van der Waals surface area contributed by atoms with Crippen LogP contribution in [0.2, 0.25) is 0 Å². The largest absolute Gasteiger partial charge is 0.465 e. The van der Waals surface area contributed by atoms with E-state index in [0.29, 0.717) is 5.69 Å². The van der Waals surface area contributed by atoms with E-state index in [4.69, 9.17) is 0 Å². The second-order valence-corrected chi connectivity index (χ2v) is 5.51. The zero-order chi connectivity index (χ0) is 15.4. The van der Waals surface area contributed by atoms with Gasteiger partial charge in [0.25, 0.3) is 0 Å². The van der Waals surface area contributed by atoms with Gasteiger partial charge in [0, 0.05) is 16.2 Å². The average molecular weight is 352 g/mol. The minimum absolute atomic E-state index is 0.0352. The number of esters is 1. The second kappa shape index (κ2) is 6.72. The van der Waals surface area contributed by atoms with Crippen LogP contribution in [0.25, 0.3) is 0 Å². The highest BCUT2D eigenvalue weighted by molar-refractivity contribution is 9.10. The Hall–Kier alpha value is -1.88. The van der Waals surface area contributed by atoms with E-state index in [1.165, 1.54) is 25.3 Å². The Kier molecular flexibility index (Phi) is 4.96. The number of anilines is 1. The van der Waals surface area contributed by atoms with Crippen LogP contribution in [0.5, 0.6) is 0 Å². The third-order valence-electron chi connectivity index (χ3n) is 3.13. The van der Waals surface area contributed by atoms with Crippen molar-refractivity contribution in [2.24, 2.45) is 0 Å². The Morgan fingerprint density at radius 1 is 1.24 bits per heavy atom. The third kappa shape index (κ3) is 3.82. The Morgan fingerprint density at radius 3 is 2.52 bits per heavy atom. The van der Waals surface area contributed by atoms with Crippen molar-refractivity contribution in [1.82, 2.24) is 0 Å². The Balaban J connectivity index is 2.26. The van der Waals surface area contributed by atoms with Gasteiger partial charge < -0.3 is 10.1 Å². The Morgan fingerprint density at radius 2 is 1.90 bits per heavy atom. The molecule has 0 fully saturated rings. The molecule has 21 heavy (non-hydrogen) atoms. The highest BCUT2D eigenvalue weighted by Crippen LogP contribution is 2.25. The molecule has 0 spiro atoms. The van der Waals surface area contributed by atoms with Crippen molar-refractivity contribution in [2.75, 3.05) is 12.4 Å². The normalized spacial score (nSPS) is 11.8. The summed E-state index contributed by atoms with van der Waals surface area (Å²) in [5, 5.41) is 3.21. The van der Waals surface area contributed by atoms with Gasteiger partial charge in [-0.15, -0.1) is 0 Å². The molecule has 0 bridgehead atoms. The molecule has 0 radical (unpaired) electrons. The van der Waals surface area contributed by atoms with Crippen LogP contribution in [-0.4, -0.2) is 13.1 Å². The predicted molar refractivity (Wildman–Crippen MR) is 83.9 cm³/mol. The molecule has 3 nitrogen and oxygen atoms in total. The first kappa shape index (κ1) is 15.5. The molecule has 0 heterocycles. The summed E-state index contributed by atoms with van der Waals surface area (Å²) in [6.45, 7) is 1.97. The smallest absolute Gasteiger partial charge is 0.340 e. The van der Waals surface area contributed by atoms with Crippen LogP contribution in [0.3, 0.4) is 0 Å². The summed E-state index contributed by atoms with van der Waals surface area (Å²) in [7, 11) is 1.27.